The highest BCUT2D eigenvalue weighted by Gasteiger charge is 2.15. The lowest BCUT2D eigenvalue weighted by Gasteiger charge is -2.30. The summed E-state index contributed by atoms with van der Waals surface area (Å²) in [6.45, 7) is 2.03. The van der Waals surface area contributed by atoms with Crippen LogP contribution < -0.4 is 10.2 Å². The zero-order valence-corrected chi connectivity index (χ0v) is 12.7. The highest BCUT2D eigenvalue weighted by molar-refractivity contribution is 8.00. The van der Waals surface area contributed by atoms with Gasteiger partial charge in [-0.15, -0.1) is 11.8 Å². The lowest BCUT2D eigenvalue weighted by atomic mass is 10.1. The van der Waals surface area contributed by atoms with Crippen LogP contribution >= 0.6 is 11.8 Å². The number of rotatable bonds is 6. The lowest BCUT2D eigenvalue weighted by molar-refractivity contribution is -0.133. The van der Waals surface area contributed by atoms with Crippen LogP contribution in [0, 0.1) is 0 Å². The number of thioether (sulfide) groups is 1. The van der Waals surface area contributed by atoms with E-state index in [1.165, 1.54) is 19.3 Å². The van der Waals surface area contributed by atoms with Crippen LogP contribution in [0.15, 0.2) is 24.3 Å². The van der Waals surface area contributed by atoms with E-state index in [1.807, 2.05) is 24.3 Å². The van der Waals surface area contributed by atoms with Gasteiger partial charge in [-0.2, -0.15) is 0 Å². The molecule has 1 heterocycles. The Kier molecular flexibility index (Phi) is 5.92. The minimum atomic E-state index is -0.901. The third-order valence-corrected chi connectivity index (χ3v) is 4.25. The summed E-state index contributed by atoms with van der Waals surface area (Å²) in [4.78, 5) is 24.6. The first-order chi connectivity index (χ1) is 10.2. The Balaban J connectivity index is 1.96. The molecule has 0 unspecified atom stereocenters. The number of piperidine rings is 1. The molecular formula is C15H20N2O3S. The number of benzene rings is 1. The summed E-state index contributed by atoms with van der Waals surface area (Å²) in [7, 11) is 0. The van der Waals surface area contributed by atoms with Crippen LogP contribution in [0.1, 0.15) is 19.3 Å². The molecule has 1 amide bonds. The van der Waals surface area contributed by atoms with Crippen molar-refractivity contribution in [3.63, 3.8) is 0 Å². The third-order valence-electron chi connectivity index (χ3n) is 3.33. The first-order valence-electron chi connectivity index (χ1n) is 7.10. The van der Waals surface area contributed by atoms with E-state index in [-0.39, 0.29) is 17.4 Å². The standard InChI is InChI=1S/C15H20N2O3S/c18-14(10-21-11-15(19)20)16-12-6-2-3-7-13(12)17-8-4-1-5-9-17/h2-3,6-7H,1,4-5,8-11H2,(H,16,18)(H,19,20). The van der Waals surface area contributed by atoms with Crippen molar-refractivity contribution in [2.24, 2.45) is 0 Å². The summed E-state index contributed by atoms with van der Waals surface area (Å²) in [5, 5.41) is 11.5. The number of hydrogen-bond acceptors (Lipinski definition) is 4. The summed E-state index contributed by atoms with van der Waals surface area (Å²) >= 11 is 1.10. The predicted molar refractivity (Wildman–Crippen MR) is 86.1 cm³/mol. The van der Waals surface area contributed by atoms with Crippen molar-refractivity contribution in [3.05, 3.63) is 24.3 Å². The van der Waals surface area contributed by atoms with Gasteiger partial charge >= 0.3 is 5.97 Å². The van der Waals surface area contributed by atoms with Crippen LogP contribution in [0.4, 0.5) is 11.4 Å². The van der Waals surface area contributed by atoms with Gasteiger partial charge in [-0.05, 0) is 31.4 Å². The average Bonchev–Trinajstić information content (AvgIpc) is 2.48. The second-order valence-electron chi connectivity index (χ2n) is 5.00. The number of nitrogens with zero attached hydrogens (tertiary/aromatic N) is 1. The summed E-state index contributed by atoms with van der Waals surface area (Å²) in [5.74, 6) is -0.964. The molecule has 21 heavy (non-hydrogen) atoms. The maximum atomic E-state index is 11.9. The maximum absolute atomic E-state index is 11.9. The number of carboxylic acids is 1. The summed E-state index contributed by atoms with van der Waals surface area (Å²) in [6, 6.07) is 7.78. The highest BCUT2D eigenvalue weighted by Crippen LogP contribution is 2.28. The van der Waals surface area contributed by atoms with Crippen LogP contribution in [-0.4, -0.2) is 41.6 Å². The fraction of sp³-hybridized carbons (Fsp3) is 0.467. The topological polar surface area (TPSA) is 69.6 Å². The normalized spacial score (nSPS) is 14.8. The molecule has 1 saturated heterocycles. The SMILES string of the molecule is O=C(O)CSCC(=O)Nc1ccccc1N1CCCCC1. The number of anilines is 2. The molecule has 2 N–H and O–H groups in total. The smallest absolute Gasteiger partial charge is 0.313 e. The predicted octanol–water partition coefficient (Wildman–Crippen LogP) is 2.43. The van der Waals surface area contributed by atoms with Crippen LogP contribution in [0.3, 0.4) is 0 Å². The Labute approximate surface area is 128 Å². The van der Waals surface area contributed by atoms with Crippen molar-refractivity contribution in [1.82, 2.24) is 0 Å². The van der Waals surface area contributed by atoms with E-state index in [0.717, 1.165) is 36.2 Å². The first-order valence-corrected chi connectivity index (χ1v) is 8.25. The largest absolute Gasteiger partial charge is 0.481 e. The molecule has 0 aromatic heterocycles. The number of hydrogen-bond donors (Lipinski definition) is 2. The van der Waals surface area contributed by atoms with Gasteiger partial charge in [-0.3, -0.25) is 9.59 Å². The van der Waals surface area contributed by atoms with E-state index in [0.29, 0.717) is 0 Å². The van der Waals surface area contributed by atoms with E-state index >= 15 is 0 Å². The number of carbonyl (C=O) groups excluding carboxylic acids is 1. The fourth-order valence-corrected chi connectivity index (χ4v) is 2.94. The van der Waals surface area contributed by atoms with E-state index in [1.54, 1.807) is 0 Å². The number of aliphatic carboxylic acids is 1. The molecule has 2 rings (SSSR count). The van der Waals surface area contributed by atoms with Gasteiger partial charge in [0.15, 0.2) is 0 Å². The van der Waals surface area contributed by atoms with Crippen molar-refractivity contribution < 1.29 is 14.7 Å². The molecule has 1 fully saturated rings. The van der Waals surface area contributed by atoms with E-state index in [2.05, 4.69) is 10.2 Å². The zero-order chi connectivity index (χ0) is 15.1. The monoisotopic (exact) mass is 308 g/mol. The molecule has 1 aliphatic rings. The molecule has 0 bridgehead atoms. The Morgan fingerprint density at radius 3 is 2.57 bits per heavy atom. The lowest BCUT2D eigenvalue weighted by Crippen LogP contribution is -2.30. The molecule has 0 radical (unpaired) electrons. The van der Waals surface area contributed by atoms with Gasteiger partial charge < -0.3 is 15.3 Å². The van der Waals surface area contributed by atoms with Crippen molar-refractivity contribution >= 4 is 35.0 Å². The maximum Gasteiger partial charge on any atom is 0.313 e. The van der Waals surface area contributed by atoms with Crippen LogP contribution in [-0.2, 0) is 9.59 Å². The molecular weight excluding hydrogens is 288 g/mol. The highest BCUT2D eigenvalue weighted by atomic mass is 32.2. The molecule has 0 atom stereocenters. The molecule has 1 aromatic carbocycles. The second-order valence-corrected chi connectivity index (χ2v) is 5.99. The quantitative estimate of drug-likeness (QED) is 0.844. The summed E-state index contributed by atoms with van der Waals surface area (Å²) < 4.78 is 0. The van der Waals surface area contributed by atoms with E-state index < -0.39 is 5.97 Å². The van der Waals surface area contributed by atoms with Crippen LogP contribution in [0.25, 0.3) is 0 Å². The summed E-state index contributed by atoms with van der Waals surface area (Å²) in [6.07, 6.45) is 3.62. The molecule has 0 spiro atoms. The fourth-order valence-electron chi connectivity index (χ4n) is 2.41. The molecule has 114 valence electrons. The zero-order valence-electron chi connectivity index (χ0n) is 11.9. The average molecular weight is 308 g/mol. The third kappa shape index (κ3) is 4.97. The molecule has 1 aromatic rings. The number of amides is 1. The van der Waals surface area contributed by atoms with Gasteiger partial charge in [-0.1, -0.05) is 12.1 Å². The van der Waals surface area contributed by atoms with Crippen LogP contribution in [0.2, 0.25) is 0 Å². The summed E-state index contributed by atoms with van der Waals surface area (Å²) in [5.41, 5.74) is 1.86. The van der Waals surface area contributed by atoms with Crippen molar-refractivity contribution in [1.29, 1.82) is 0 Å². The molecule has 1 aliphatic heterocycles. The molecule has 5 nitrogen and oxygen atoms in total. The first kappa shape index (κ1) is 15.7. The number of carboxylic acid groups (broad SMARTS) is 1. The Morgan fingerprint density at radius 2 is 1.86 bits per heavy atom. The van der Waals surface area contributed by atoms with Crippen molar-refractivity contribution in [3.8, 4) is 0 Å². The molecule has 6 heteroatoms. The van der Waals surface area contributed by atoms with Gasteiger partial charge in [0.25, 0.3) is 0 Å². The Hall–Kier alpha value is -1.69. The van der Waals surface area contributed by atoms with Gasteiger partial charge in [0.2, 0.25) is 5.91 Å². The van der Waals surface area contributed by atoms with Gasteiger partial charge in [0.05, 0.1) is 22.9 Å². The number of carbonyl (C=O) groups is 2. The van der Waals surface area contributed by atoms with Crippen molar-refractivity contribution in [2.75, 3.05) is 34.8 Å². The van der Waals surface area contributed by atoms with Gasteiger partial charge in [-0.25, -0.2) is 0 Å². The number of nitrogens with one attached hydrogen (secondary N) is 1. The van der Waals surface area contributed by atoms with Crippen molar-refractivity contribution in [2.45, 2.75) is 19.3 Å². The molecule has 0 aliphatic carbocycles. The van der Waals surface area contributed by atoms with E-state index in [9.17, 15) is 9.59 Å². The van der Waals surface area contributed by atoms with Gasteiger partial charge in [0, 0.05) is 13.1 Å². The number of para-hydroxylation sites is 2. The Bertz CT molecular complexity index is 501. The van der Waals surface area contributed by atoms with Crippen LogP contribution in [0.5, 0.6) is 0 Å². The minimum absolute atomic E-state index is 0.0544. The van der Waals surface area contributed by atoms with E-state index in [4.69, 9.17) is 5.11 Å². The minimum Gasteiger partial charge on any atom is -0.481 e. The van der Waals surface area contributed by atoms with Gasteiger partial charge in [0.1, 0.15) is 0 Å². The Morgan fingerprint density at radius 1 is 1.14 bits per heavy atom. The second kappa shape index (κ2) is 7.93. The molecule has 0 saturated carbocycles.